The van der Waals surface area contributed by atoms with Crippen molar-refractivity contribution in [1.29, 1.82) is 0 Å². The molecule has 0 amide bonds. The highest BCUT2D eigenvalue weighted by Crippen LogP contribution is 2.26. The molecule has 0 bridgehead atoms. The topological polar surface area (TPSA) is 69.5 Å². The van der Waals surface area contributed by atoms with E-state index in [0.717, 1.165) is 10.6 Å². The number of guanidine groups is 1. The third-order valence-electron chi connectivity index (χ3n) is 2.87. The number of aryl methyl sites for hydroxylation is 1. The zero-order chi connectivity index (χ0) is 15.2. The van der Waals surface area contributed by atoms with Gasteiger partial charge >= 0.3 is 0 Å². The van der Waals surface area contributed by atoms with Gasteiger partial charge in [0, 0.05) is 23.3 Å². The molecule has 5 nitrogen and oxygen atoms in total. The van der Waals surface area contributed by atoms with Gasteiger partial charge in [-0.2, -0.15) is 0 Å². The van der Waals surface area contributed by atoms with Crippen LogP contribution in [0, 0.1) is 6.92 Å². The molecule has 1 atom stereocenters. The van der Waals surface area contributed by atoms with Gasteiger partial charge in [0.25, 0.3) is 0 Å². The molecular weight excluding hydrogens is 455 g/mol. The minimum atomic E-state index is -0.605. The van der Waals surface area contributed by atoms with E-state index in [9.17, 15) is 5.11 Å². The summed E-state index contributed by atoms with van der Waals surface area (Å²) >= 11 is 8.85. The van der Waals surface area contributed by atoms with Gasteiger partial charge in [0.1, 0.15) is 6.10 Å². The third kappa shape index (κ3) is 5.65. The zero-order valence-corrected chi connectivity index (χ0v) is 16.9. The second kappa shape index (κ2) is 9.66. The van der Waals surface area contributed by atoms with Crippen molar-refractivity contribution in [3.63, 3.8) is 0 Å². The first-order chi connectivity index (χ1) is 10.1. The summed E-state index contributed by atoms with van der Waals surface area (Å²) in [5.41, 5.74) is 2.85. The minimum Gasteiger partial charge on any atom is -0.386 e. The minimum absolute atomic E-state index is 0. The van der Waals surface area contributed by atoms with Gasteiger partial charge in [-0.1, -0.05) is 11.6 Å². The molecule has 2 rings (SSSR count). The molecule has 0 saturated heterocycles. The van der Waals surface area contributed by atoms with Gasteiger partial charge in [-0.05, 0) is 19.1 Å². The molecule has 3 N–H and O–H groups in total. The average molecular weight is 473 g/mol. The molecule has 2 heterocycles. The maximum atomic E-state index is 10.1. The number of thiophene rings is 1. The summed E-state index contributed by atoms with van der Waals surface area (Å²) in [5, 5.41) is 16.4. The molecule has 0 aliphatic rings. The lowest BCUT2D eigenvalue weighted by Crippen LogP contribution is -2.38. The summed E-state index contributed by atoms with van der Waals surface area (Å²) in [7, 11) is 1.70. The predicted molar refractivity (Wildman–Crippen MR) is 105 cm³/mol. The molecule has 2 aromatic rings. The fourth-order valence-corrected chi connectivity index (χ4v) is 3.45. The van der Waals surface area contributed by atoms with Crippen molar-refractivity contribution >= 4 is 64.2 Å². The Balaban J connectivity index is 0.00000242. The lowest BCUT2D eigenvalue weighted by Gasteiger charge is -2.14. The molecule has 1 unspecified atom stereocenters. The van der Waals surface area contributed by atoms with Crippen molar-refractivity contribution in [3.8, 4) is 0 Å². The maximum Gasteiger partial charge on any atom is 0.191 e. The van der Waals surface area contributed by atoms with E-state index in [0.29, 0.717) is 23.4 Å². The number of aliphatic imine (C=N–C) groups is 1. The Morgan fingerprint density at radius 3 is 2.77 bits per heavy atom. The monoisotopic (exact) mass is 472 g/mol. The van der Waals surface area contributed by atoms with Crippen LogP contribution in [0.1, 0.15) is 21.6 Å². The summed E-state index contributed by atoms with van der Waals surface area (Å²) in [6.07, 6.45) is -0.605. The summed E-state index contributed by atoms with van der Waals surface area (Å²) < 4.78 is 0.673. The number of hydrogen-bond donors (Lipinski definition) is 3. The van der Waals surface area contributed by atoms with Crippen molar-refractivity contribution in [1.82, 2.24) is 15.6 Å². The van der Waals surface area contributed by atoms with E-state index in [1.165, 1.54) is 16.2 Å². The zero-order valence-electron chi connectivity index (χ0n) is 12.2. The van der Waals surface area contributed by atoms with E-state index in [1.807, 2.05) is 18.5 Å². The predicted octanol–water partition coefficient (Wildman–Crippen LogP) is 3.18. The SMILES string of the molecule is CN=C(NCc1scnc1C)NCC(O)c1ccc(Cl)s1.I. The van der Waals surface area contributed by atoms with E-state index in [4.69, 9.17) is 11.6 Å². The normalized spacial score (nSPS) is 12.6. The molecule has 9 heteroatoms. The van der Waals surface area contributed by atoms with E-state index in [2.05, 4.69) is 20.6 Å². The van der Waals surface area contributed by atoms with Crippen molar-refractivity contribution in [3.05, 3.63) is 37.4 Å². The number of nitrogens with one attached hydrogen (secondary N) is 2. The summed E-state index contributed by atoms with van der Waals surface area (Å²) in [6.45, 7) is 3.02. The largest absolute Gasteiger partial charge is 0.386 e. The molecule has 0 spiro atoms. The van der Waals surface area contributed by atoms with Gasteiger partial charge in [0.2, 0.25) is 0 Å². The van der Waals surface area contributed by atoms with Crippen LogP contribution in [0.4, 0.5) is 0 Å². The molecule has 0 aliphatic carbocycles. The van der Waals surface area contributed by atoms with Gasteiger partial charge in [-0.25, -0.2) is 4.98 Å². The van der Waals surface area contributed by atoms with Crippen LogP contribution >= 0.6 is 58.3 Å². The van der Waals surface area contributed by atoms with E-state index >= 15 is 0 Å². The number of rotatable bonds is 5. The third-order valence-corrected chi connectivity index (χ3v) is 5.14. The second-order valence-corrected chi connectivity index (χ2v) is 7.01. The first kappa shape index (κ1) is 19.6. The van der Waals surface area contributed by atoms with Gasteiger partial charge < -0.3 is 15.7 Å². The lowest BCUT2D eigenvalue weighted by molar-refractivity contribution is 0.184. The Morgan fingerprint density at radius 2 is 2.23 bits per heavy atom. The maximum absolute atomic E-state index is 10.1. The number of halogens is 2. The smallest absolute Gasteiger partial charge is 0.191 e. The Hall–Kier alpha value is -0.420. The number of nitrogens with zero attached hydrogens (tertiary/aromatic N) is 2. The fraction of sp³-hybridized carbons (Fsp3) is 0.385. The van der Waals surface area contributed by atoms with Gasteiger partial charge in [0.15, 0.2) is 5.96 Å². The fourth-order valence-electron chi connectivity index (χ4n) is 1.68. The number of aliphatic hydroxyl groups is 1. The molecule has 0 fully saturated rings. The first-order valence-electron chi connectivity index (χ1n) is 6.37. The molecule has 2 aromatic heterocycles. The highest BCUT2D eigenvalue weighted by Gasteiger charge is 2.11. The van der Waals surface area contributed by atoms with Gasteiger partial charge in [-0.15, -0.1) is 46.7 Å². The number of aliphatic hydroxyl groups excluding tert-OH is 1. The molecule has 22 heavy (non-hydrogen) atoms. The second-order valence-electron chi connectivity index (χ2n) is 4.33. The van der Waals surface area contributed by atoms with Crippen LogP contribution in [0.25, 0.3) is 0 Å². The van der Waals surface area contributed by atoms with E-state index < -0.39 is 6.10 Å². The van der Waals surface area contributed by atoms with Crippen LogP contribution in [0.3, 0.4) is 0 Å². The molecule has 0 aliphatic heterocycles. The van der Waals surface area contributed by atoms with Crippen molar-refractivity contribution in [2.45, 2.75) is 19.6 Å². The summed E-state index contributed by atoms with van der Waals surface area (Å²) in [4.78, 5) is 10.3. The lowest BCUT2D eigenvalue weighted by atomic mass is 10.3. The quantitative estimate of drug-likeness (QED) is 0.355. The van der Waals surface area contributed by atoms with Crippen molar-refractivity contribution in [2.75, 3.05) is 13.6 Å². The Bertz CT molecular complexity index is 617. The number of thiazole rings is 1. The van der Waals surface area contributed by atoms with Crippen LogP contribution < -0.4 is 10.6 Å². The van der Waals surface area contributed by atoms with Crippen LogP contribution in [0.15, 0.2) is 22.6 Å². The highest BCUT2D eigenvalue weighted by atomic mass is 127. The summed E-state index contributed by atoms with van der Waals surface area (Å²) in [6, 6.07) is 3.61. The molecule has 122 valence electrons. The number of hydrogen-bond acceptors (Lipinski definition) is 5. The first-order valence-corrected chi connectivity index (χ1v) is 8.44. The van der Waals surface area contributed by atoms with Crippen LogP contribution in [0.5, 0.6) is 0 Å². The highest BCUT2D eigenvalue weighted by molar-refractivity contribution is 14.0. The standard InChI is InChI=1S/C13H17ClN4OS2.HI/c1-8-11(20-7-18-8)6-17-13(15-2)16-5-9(19)10-3-4-12(14)21-10;/h3-4,7,9,19H,5-6H2,1-2H3,(H2,15,16,17);1H. The summed E-state index contributed by atoms with van der Waals surface area (Å²) in [5.74, 6) is 0.643. The number of aromatic nitrogens is 1. The van der Waals surface area contributed by atoms with Crippen LogP contribution in [-0.4, -0.2) is 29.6 Å². The molecule has 0 radical (unpaired) electrons. The van der Waals surface area contributed by atoms with E-state index in [1.54, 1.807) is 24.5 Å². The Morgan fingerprint density at radius 1 is 1.45 bits per heavy atom. The van der Waals surface area contributed by atoms with Crippen molar-refractivity contribution in [2.24, 2.45) is 4.99 Å². The molecule has 0 aromatic carbocycles. The van der Waals surface area contributed by atoms with Crippen LogP contribution in [-0.2, 0) is 6.54 Å². The van der Waals surface area contributed by atoms with Crippen molar-refractivity contribution < 1.29 is 5.11 Å². The Labute approximate surface area is 159 Å². The average Bonchev–Trinajstić information content (AvgIpc) is 3.08. The van der Waals surface area contributed by atoms with Crippen LogP contribution in [0.2, 0.25) is 4.34 Å². The van der Waals surface area contributed by atoms with E-state index in [-0.39, 0.29) is 24.0 Å². The van der Waals surface area contributed by atoms with Gasteiger partial charge in [0.05, 0.1) is 22.1 Å². The Kier molecular flexibility index (Phi) is 8.62. The molecular formula is C13H18ClIN4OS2. The van der Waals surface area contributed by atoms with Gasteiger partial charge in [-0.3, -0.25) is 4.99 Å². The molecule has 0 saturated carbocycles.